The topological polar surface area (TPSA) is 0 Å². The molecule has 0 aliphatic heterocycles. The van der Waals surface area contributed by atoms with Gasteiger partial charge in [-0.3, -0.25) is 0 Å². The van der Waals surface area contributed by atoms with E-state index in [0.717, 1.165) is 18.2 Å². The standard InChI is InChI=1S/C11H12F4/c1-3-7(2)9-6-8(12)4-5-10(9)11(13,14)15/h4-7H,3H2,1-2H3. The lowest BCUT2D eigenvalue weighted by atomic mass is 9.93. The minimum atomic E-state index is -4.41. The highest BCUT2D eigenvalue weighted by atomic mass is 19.4. The zero-order valence-electron chi connectivity index (χ0n) is 8.53. The Labute approximate surface area is 85.9 Å². The molecule has 0 aliphatic carbocycles. The molecule has 0 saturated heterocycles. The van der Waals surface area contributed by atoms with Crippen molar-refractivity contribution in [3.63, 3.8) is 0 Å². The van der Waals surface area contributed by atoms with Crippen LogP contribution in [0.4, 0.5) is 17.6 Å². The number of benzene rings is 1. The maximum Gasteiger partial charge on any atom is 0.416 e. The van der Waals surface area contributed by atoms with Gasteiger partial charge in [0.05, 0.1) is 5.56 Å². The predicted octanol–water partition coefficient (Wildman–Crippen LogP) is 4.36. The third-order valence-electron chi connectivity index (χ3n) is 2.46. The first-order valence-electron chi connectivity index (χ1n) is 4.73. The Bertz CT molecular complexity index is 341. The molecule has 1 aromatic carbocycles. The molecule has 0 spiro atoms. The molecule has 1 unspecified atom stereocenters. The molecular weight excluding hydrogens is 208 g/mol. The summed E-state index contributed by atoms with van der Waals surface area (Å²) in [6, 6.07) is 2.61. The second-order valence-electron chi connectivity index (χ2n) is 3.54. The highest BCUT2D eigenvalue weighted by molar-refractivity contribution is 5.33. The maximum atomic E-state index is 12.9. The van der Waals surface area contributed by atoms with Crippen molar-refractivity contribution >= 4 is 0 Å². The summed E-state index contributed by atoms with van der Waals surface area (Å²) < 4.78 is 50.5. The Morgan fingerprint density at radius 3 is 2.33 bits per heavy atom. The van der Waals surface area contributed by atoms with E-state index < -0.39 is 17.6 Å². The van der Waals surface area contributed by atoms with E-state index in [1.165, 1.54) is 0 Å². The van der Waals surface area contributed by atoms with Crippen LogP contribution < -0.4 is 0 Å². The van der Waals surface area contributed by atoms with Crippen molar-refractivity contribution in [2.24, 2.45) is 0 Å². The Hall–Kier alpha value is -1.06. The molecule has 15 heavy (non-hydrogen) atoms. The fourth-order valence-electron chi connectivity index (χ4n) is 1.42. The summed E-state index contributed by atoms with van der Waals surface area (Å²) in [5.74, 6) is -0.921. The first-order valence-corrected chi connectivity index (χ1v) is 4.73. The van der Waals surface area contributed by atoms with Crippen molar-refractivity contribution in [2.75, 3.05) is 0 Å². The second-order valence-corrected chi connectivity index (χ2v) is 3.54. The van der Waals surface area contributed by atoms with E-state index in [0.29, 0.717) is 6.42 Å². The predicted molar refractivity (Wildman–Crippen MR) is 50.1 cm³/mol. The van der Waals surface area contributed by atoms with Gasteiger partial charge < -0.3 is 0 Å². The van der Waals surface area contributed by atoms with E-state index in [9.17, 15) is 17.6 Å². The van der Waals surface area contributed by atoms with Crippen molar-refractivity contribution in [2.45, 2.75) is 32.4 Å². The molecular formula is C11H12F4. The lowest BCUT2D eigenvalue weighted by molar-refractivity contribution is -0.138. The molecule has 0 aliphatic rings. The van der Waals surface area contributed by atoms with Gasteiger partial charge in [0.15, 0.2) is 0 Å². The van der Waals surface area contributed by atoms with Crippen LogP contribution in [0.15, 0.2) is 18.2 Å². The van der Waals surface area contributed by atoms with Gasteiger partial charge in [-0.2, -0.15) is 13.2 Å². The van der Waals surface area contributed by atoms with Crippen LogP contribution in [-0.4, -0.2) is 0 Å². The third kappa shape index (κ3) is 2.70. The Kier molecular flexibility index (Phi) is 3.37. The van der Waals surface area contributed by atoms with Crippen LogP contribution in [-0.2, 0) is 6.18 Å². The minimum Gasteiger partial charge on any atom is -0.207 e. The number of rotatable bonds is 2. The first kappa shape index (κ1) is 12.0. The van der Waals surface area contributed by atoms with E-state index in [1.54, 1.807) is 13.8 Å². The third-order valence-corrected chi connectivity index (χ3v) is 2.46. The van der Waals surface area contributed by atoms with Gasteiger partial charge in [0.2, 0.25) is 0 Å². The normalized spacial score (nSPS) is 14.0. The van der Waals surface area contributed by atoms with Crippen molar-refractivity contribution in [1.82, 2.24) is 0 Å². The smallest absolute Gasteiger partial charge is 0.207 e. The van der Waals surface area contributed by atoms with Crippen LogP contribution in [0.1, 0.15) is 37.3 Å². The van der Waals surface area contributed by atoms with Gasteiger partial charge in [0, 0.05) is 0 Å². The van der Waals surface area contributed by atoms with Gasteiger partial charge in [-0.1, -0.05) is 13.8 Å². The summed E-state index contributed by atoms with van der Waals surface area (Å²) in [4.78, 5) is 0. The molecule has 0 N–H and O–H groups in total. The van der Waals surface area contributed by atoms with Gasteiger partial charge in [0.25, 0.3) is 0 Å². The summed E-state index contributed by atoms with van der Waals surface area (Å²) in [7, 11) is 0. The van der Waals surface area contributed by atoms with E-state index in [4.69, 9.17) is 0 Å². The van der Waals surface area contributed by atoms with E-state index >= 15 is 0 Å². The van der Waals surface area contributed by atoms with Crippen LogP contribution in [0.3, 0.4) is 0 Å². The number of hydrogen-bond donors (Lipinski definition) is 0. The van der Waals surface area contributed by atoms with Crippen molar-refractivity contribution in [3.8, 4) is 0 Å². The molecule has 0 fully saturated rings. The van der Waals surface area contributed by atoms with Crippen LogP contribution in [0.25, 0.3) is 0 Å². The Morgan fingerprint density at radius 2 is 1.87 bits per heavy atom. The van der Waals surface area contributed by atoms with Crippen molar-refractivity contribution < 1.29 is 17.6 Å². The molecule has 0 saturated carbocycles. The highest BCUT2D eigenvalue weighted by Gasteiger charge is 2.34. The largest absolute Gasteiger partial charge is 0.416 e. The summed E-state index contributed by atoms with van der Waals surface area (Å²) in [6.07, 6.45) is -3.86. The van der Waals surface area contributed by atoms with Crippen molar-refractivity contribution in [3.05, 3.63) is 35.1 Å². The SMILES string of the molecule is CCC(C)c1cc(F)ccc1C(F)(F)F. The zero-order valence-corrected chi connectivity index (χ0v) is 8.53. The first-order chi connectivity index (χ1) is 6.86. The fraction of sp³-hybridized carbons (Fsp3) is 0.455. The van der Waals surface area contributed by atoms with Gasteiger partial charge in [-0.15, -0.1) is 0 Å². The molecule has 1 atom stereocenters. The lowest BCUT2D eigenvalue weighted by Gasteiger charge is -2.17. The number of halogens is 4. The van der Waals surface area contributed by atoms with Gasteiger partial charge in [-0.05, 0) is 36.1 Å². The van der Waals surface area contributed by atoms with E-state index in [2.05, 4.69) is 0 Å². The fourth-order valence-corrected chi connectivity index (χ4v) is 1.42. The molecule has 0 heterocycles. The second kappa shape index (κ2) is 4.21. The molecule has 4 heteroatoms. The Morgan fingerprint density at radius 1 is 1.27 bits per heavy atom. The lowest BCUT2D eigenvalue weighted by Crippen LogP contribution is -2.11. The van der Waals surface area contributed by atoms with Gasteiger partial charge >= 0.3 is 6.18 Å². The number of hydrogen-bond acceptors (Lipinski definition) is 0. The summed E-state index contributed by atoms with van der Waals surface area (Å²) in [5, 5.41) is 0. The molecule has 0 radical (unpaired) electrons. The van der Waals surface area contributed by atoms with Crippen LogP contribution >= 0.6 is 0 Å². The highest BCUT2D eigenvalue weighted by Crippen LogP contribution is 2.36. The molecule has 0 amide bonds. The average molecular weight is 220 g/mol. The summed E-state index contributed by atoms with van der Waals surface area (Å²) in [6.45, 7) is 3.43. The monoisotopic (exact) mass is 220 g/mol. The van der Waals surface area contributed by atoms with E-state index in [-0.39, 0.29) is 11.5 Å². The molecule has 0 nitrogen and oxygen atoms in total. The molecule has 0 aromatic heterocycles. The quantitative estimate of drug-likeness (QED) is 0.649. The van der Waals surface area contributed by atoms with Gasteiger partial charge in [0.1, 0.15) is 5.82 Å². The molecule has 1 aromatic rings. The maximum absolute atomic E-state index is 12.9. The van der Waals surface area contributed by atoms with Crippen LogP contribution in [0.5, 0.6) is 0 Å². The zero-order chi connectivity index (χ0) is 11.6. The van der Waals surface area contributed by atoms with Crippen LogP contribution in [0, 0.1) is 5.82 Å². The van der Waals surface area contributed by atoms with Crippen LogP contribution in [0.2, 0.25) is 0 Å². The van der Waals surface area contributed by atoms with E-state index in [1.807, 2.05) is 0 Å². The molecule has 0 bridgehead atoms. The Balaban J connectivity index is 3.27. The van der Waals surface area contributed by atoms with Crippen molar-refractivity contribution in [1.29, 1.82) is 0 Å². The van der Waals surface area contributed by atoms with Gasteiger partial charge in [-0.25, -0.2) is 4.39 Å². The number of alkyl halides is 3. The summed E-state index contributed by atoms with van der Waals surface area (Å²) >= 11 is 0. The summed E-state index contributed by atoms with van der Waals surface area (Å²) in [5.41, 5.74) is -0.705. The average Bonchev–Trinajstić information content (AvgIpc) is 2.14. The minimum absolute atomic E-state index is 0.0324. The molecule has 84 valence electrons. The molecule has 1 rings (SSSR count).